The number of amides is 1. The molecular formula is C24H21F3N6O3S. The third kappa shape index (κ3) is 5.13. The number of anilines is 1. The number of halogens is 3. The molecular weight excluding hydrogens is 509 g/mol. The lowest BCUT2D eigenvalue weighted by Gasteiger charge is -2.20. The van der Waals surface area contributed by atoms with E-state index in [0.29, 0.717) is 20.5 Å². The van der Waals surface area contributed by atoms with Crippen LogP contribution in [0.1, 0.15) is 23.5 Å². The minimum absolute atomic E-state index is 0.0226. The number of alkyl halides is 3. The lowest BCUT2D eigenvalue weighted by molar-refractivity contribution is -0.140. The van der Waals surface area contributed by atoms with Gasteiger partial charge in [0.15, 0.2) is 0 Å². The highest BCUT2D eigenvalue weighted by molar-refractivity contribution is 7.17. The first-order valence-electron chi connectivity index (χ1n) is 11.1. The van der Waals surface area contributed by atoms with E-state index in [9.17, 15) is 27.9 Å². The van der Waals surface area contributed by atoms with Crippen molar-refractivity contribution < 1.29 is 23.1 Å². The van der Waals surface area contributed by atoms with Gasteiger partial charge < -0.3 is 14.7 Å². The Balaban J connectivity index is 1.56. The zero-order valence-electron chi connectivity index (χ0n) is 19.6. The number of carbonyl (C=O) groups is 1. The van der Waals surface area contributed by atoms with Crippen LogP contribution in [0.15, 0.2) is 53.6 Å². The van der Waals surface area contributed by atoms with Crippen LogP contribution in [-0.4, -0.2) is 46.9 Å². The average Bonchev–Trinajstić information content (AvgIpc) is 3.49. The fourth-order valence-corrected chi connectivity index (χ4v) is 4.96. The van der Waals surface area contributed by atoms with E-state index >= 15 is 0 Å². The van der Waals surface area contributed by atoms with Crippen molar-refractivity contribution in [3.63, 3.8) is 0 Å². The van der Waals surface area contributed by atoms with Gasteiger partial charge in [-0.05, 0) is 55.8 Å². The SMILES string of the molecule is CC(C)(O)Cn1c(NC(=O)c2ccc(-c3ccncc3)s2)nc2cc3[nH]c(=O)n(CC(F)(F)F)c3cc21. The second-order valence-electron chi connectivity index (χ2n) is 9.18. The molecule has 1 amide bonds. The topological polar surface area (TPSA) is 118 Å². The van der Waals surface area contributed by atoms with Crippen molar-refractivity contribution in [3.8, 4) is 10.4 Å². The number of carbonyl (C=O) groups excluding carboxylic acids is 1. The lowest BCUT2D eigenvalue weighted by atomic mass is 10.1. The highest BCUT2D eigenvalue weighted by Gasteiger charge is 2.30. The van der Waals surface area contributed by atoms with Gasteiger partial charge in [-0.25, -0.2) is 9.78 Å². The first-order valence-corrected chi connectivity index (χ1v) is 11.9. The molecule has 3 N–H and O–H groups in total. The largest absolute Gasteiger partial charge is 0.406 e. The molecule has 5 rings (SSSR count). The normalized spacial score (nSPS) is 12.5. The van der Waals surface area contributed by atoms with Crippen LogP contribution in [0.4, 0.5) is 19.1 Å². The van der Waals surface area contributed by atoms with Gasteiger partial charge in [0, 0.05) is 17.3 Å². The van der Waals surface area contributed by atoms with Gasteiger partial charge in [-0.1, -0.05) is 0 Å². The van der Waals surface area contributed by atoms with Gasteiger partial charge in [-0.3, -0.25) is 19.7 Å². The number of aromatic amines is 1. The van der Waals surface area contributed by atoms with Crippen LogP contribution >= 0.6 is 11.3 Å². The van der Waals surface area contributed by atoms with Crippen LogP contribution in [0.25, 0.3) is 32.5 Å². The molecule has 9 nitrogen and oxygen atoms in total. The number of benzene rings is 1. The molecule has 0 aliphatic carbocycles. The van der Waals surface area contributed by atoms with Gasteiger partial charge in [-0.15, -0.1) is 11.3 Å². The number of aromatic nitrogens is 5. The van der Waals surface area contributed by atoms with Crippen LogP contribution < -0.4 is 11.0 Å². The summed E-state index contributed by atoms with van der Waals surface area (Å²) in [6.07, 6.45) is -1.29. The van der Waals surface area contributed by atoms with Crippen LogP contribution in [0, 0.1) is 0 Å². The molecule has 0 aliphatic heterocycles. The third-order valence-corrected chi connectivity index (χ3v) is 6.68. The van der Waals surface area contributed by atoms with Gasteiger partial charge in [0.05, 0.1) is 39.1 Å². The number of rotatable bonds is 6. The molecule has 5 aromatic rings. The van der Waals surface area contributed by atoms with Crippen molar-refractivity contribution in [2.45, 2.75) is 38.7 Å². The van der Waals surface area contributed by atoms with Crippen molar-refractivity contribution in [1.82, 2.24) is 24.1 Å². The molecule has 0 bridgehead atoms. The number of hydrogen-bond donors (Lipinski definition) is 3. The summed E-state index contributed by atoms with van der Waals surface area (Å²) in [6.45, 7) is 1.63. The molecule has 0 aliphatic rings. The second-order valence-corrected chi connectivity index (χ2v) is 10.3. The van der Waals surface area contributed by atoms with E-state index in [-0.39, 0.29) is 23.5 Å². The molecule has 0 spiro atoms. The summed E-state index contributed by atoms with van der Waals surface area (Å²) >= 11 is 1.28. The molecule has 0 saturated carbocycles. The molecule has 4 heterocycles. The van der Waals surface area contributed by atoms with Gasteiger partial charge in [0.2, 0.25) is 5.95 Å². The third-order valence-electron chi connectivity index (χ3n) is 5.55. The predicted octanol–water partition coefficient (Wildman–Crippen LogP) is 4.39. The molecule has 0 atom stereocenters. The van der Waals surface area contributed by atoms with Crippen molar-refractivity contribution in [3.05, 3.63) is 64.2 Å². The molecule has 0 unspecified atom stereocenters. The van der Waals surface area contributed by atoms with E-state index in [1.807, 2.05) is 18.2 Å². The number of pyridine rings is 1. The number of thiophene rings is 1. The quantitative estimate of drug-likeness (QED) is 0.301. The minimum Gasteiger partial charge on any atom is -0.389 e. The monoisotopic (exact) mass is 530 g/mol. The van der Waals surface area contributed by atoms with E-state index in [4.69, 9.17) is 0 Å². The molecule has 13 heteroatoms. The number of imidazole rings is 2. The summed E-state index contributed by atoms with van der Waals surface area (Å²) in [6, 6.07) is 10.00. The van der Waals surface area contributed by atoms with Gasteiger partial charge >= 0.3 is 11.9 Å². The Kier molecular flexibility index (Phi) is 5.91. The van der Waals surface area contributed by atoms with Crippen molar-refractivity contribution in [2.75, 3.05) is 5.32 Å². The number of aliphatic hydroxyl groups is 1. The highest BCUT2D eigenvalue weighted by Crippen LogP contribution is 2.30. The first kappa shape index (κ1) is 24.7. The Morgan fingerprint density at radius 2 is 1.81 bits per heavy atom. The summed E-state index contributed by atoms with van der Waals surface area (Å²) in [7, 11) is 0. The fraction of sp³-hybridized carbons (Fsp3) is 0.250. The minimum atomic E-state index is -4.60. The molecule has 4 aromatic heterocycles. The molecule has 0 fully saturated rings. The maximum Gasteiger partial charge on any atom is 0.406 e. The molecule has 1 aromatic carbocycles. The van der Waals surface area contributed by atoms with Crippen LogP contribution in [0.2, 0.25) is 0 Å². The summed E-state index contributed by atoms with van der Waals surface area (Å²) in [4.78, 5) is 37.4. The van der Waals surface area contributed by atoms with E-state index in [2.05, 4.69) is 20.3 Å². The highest BCUT2D eigenvalue weighted by atomic mass is 32.1. The summed E-state index contributed by atoms with van der Waals surface area (Å²) < 4.78 is 41.4. The Hall–Kier alpha value is -3.97. The Morgan fingerprint density at radius 1 is 1.08 bits per heavy atom. The Morgan fingerprint density at radius 3 is 2.49 bits per heavy atom. The van der Waals surface area contributed by atoms with Crippen LogP contribution in [0.5, 0.6) is 0 Å². The van der Waals surface area contributed by atoms with E-state index in [1.165, 1.54) is 28.0 Å². The van der Waals surface area contributed by atoms with E-state index in [1.54, 1.807) is 32.3 Å². The van der Waals surface area contributed by atoms with Gasteiger partial charge in [-0.2, -0.15) is 13.2 Å². The molecule has 192 valence electrons. The van der Waals surface area contributed by atoms with Gasteiger partial charge in [0.25, 0.3) is 5.91 Å². The molecule has 0 radical (unpaired) electrons. The number of nitrogens with one attached hydrogen (secondary N) is 2. The summed E-state index contributed by atoms with van der Waals surface area (Å²) in [5.41, 5.74) is -0.348. The maximum atomic E-state index is 13.1. The number of fused-ring (bicyclic) bond motifs is 2. The number of H-pyrrole nitrogens is 1. The first-order chi connectivity index (χ1) is 17.4. The predicted molar refractivity (Wildman–Crippen MR) is 134 cm³/mol. The summed E-state index contributed by atoms with van der Waals surface area (Å²) in [5, 5.41) is 13.3. The smallest absolute Gasteiger partial charge is 0.389 e. The lowest BCUT2D eigenvalue weighted by Crippen LogP contribution is -2.27. The second kappa shape index (κ2) is 8.85. The van der Waals surface area contributed by atoms with Gasteiger partial charge in [0.1, 0.15) is 6.54 Å². The zero-order valence-corrected chi connectivity index (χ0v) is 20.4. The Bertz CT molecular complexity index is 1680. The van der Waals surface area contributed by atoms with E-state index < -0.39 is 29.9 Å². The number of nitrogens with zero attached hydrogens (tertiary/aromatic N) is 4. The van der Waals surface area contributed by atoms with Crippen molar-refractivity contribution in [2.24, 2.45) is 0 Å². The maximum absolute atomic E-state index is 13.1. The molecule has 0 saturated heterocycles. The zero-order chi connectivity index (χ0) is 26.5. The standard InChI is InChI=1S/C24H21F3N6O3S/c1-23(2,36)11-32-16-10-17-15(30-22(35)33(17)12-24(25,26)27)9-14(16)29-21(32)31-20(34)19-4-3-18(37-19)13-5-7-28-8-6-13/h3-10,36H,11-12H2,1-2H3,(H,30,35)(H,29,31,34). The number of hydrogen-bond acceptors (Lipinski definition) is 6. The average molecular weight is 531 g/mol. The van der Waals surface area contributed by atoms with Crippen LogP contribution in [-0.2, 0) is 13.1 Å². The summed E-state index contributed by atoms with van der Waals surface area (Å²) in [5.74, 6) is -0.324. The fourth-order valence-electron chi connectivity index (χ4n) is 4.05. The van der Waals surface area contributed by atoms with Crippen molar-refractivity contribution >= 4 is 45.3 Å². The Labute approximate surface area is 211 Å². The van der Waals surface area contributed by atoms with Crippen molar-refractivity contribution in [1.29, 1.82) is 0 Å². The van der Waals surface area contributed by atoms with E-state index in [0.717, 1.165) is 10.4 Å². The molecule has 37 heavy (non-hydrogen) atoms. The van der Waals surface area contributed by atoms with Crippen LogP contribution in [0.3, 0.4) is 0 Å².